The molecule has 6 aromatic rings. The van der Waals surface area contributed by atoms with Crippen LogP contribution in [-0.2, 0) is 20.1 Å². The fraction of sp³-hybridized carbons (Fsp3) is 0.138. The third-order valence-electron chi connectivity index (χ3n) is 6.93. The summed E-state index contributed by atoms with van der Waals surface area (Å²) in [6.07, 6.45) is 4.96. The van der Waals surface area contributed by atoms with Gasteiger partial charge in [-0.3, -0.25) is 28.6 Å². The summed E-state index contributed by atoms with van der Waals surface area (Å²) in [5.41, 5.74) is 3.27. The van der Waals surface area contributed by atoms with E-state index in [0.717, 1.165) is 32.0 Å². The Kier molecular flexibility index (Phi) is 5.88. The molecule has 38 heavy (non-hydrogen) atoms. The Morgan fingerprint density at radius 3 is 2.47 bits per heavy atom. The van der Waals surface area contributed by atoms with Gasteiger partial charge in [-0.2, -0.15) is 5.10 Å². The molecule has 0 aliphatic heterocycles. The highest BCUT2D eigenvalue weighted by Gasteiger charge is 2.23. The zero-order valence-electron chi connectivity index (χ0n) is 20.8. The van der Waals surface area contributed by atoms with Gasteiger partial charge in [-0.1, -0.05) is 54.1 Å². The average molecular weight is 523 g/mol. The van der Waals surface area contributed by atoms with Crippen molar-refractivity contribution in [3.05, 3.63) is 122 Å². The van der Waals surface area contributed by atoms with Crippen LogP contribution < -0.4 is 11.2 Å². The van der Waals surface area contributed by atoms with Crippen molar-refractivity contribution in [1.29, 1.82) is 0 Å². The Morgan fingerprint density at radius 1 is 0.895 bits per heavy atom. The van der Waals surface area contributed by atoms with Gasteiger partial charge in [-0.15, -0.1) is 0 Å². The Bertz CT molecular complexity index is 1950. The average Bonchev–Trinajstić information content (AvgIpc) is 3.31. The first-order valence-corrected chi connectivity index (χ1v) is 12.5. The topological polar surface area (TPSA) is 87.6 Å². The summed E-state index contributed by atoms with van der Waals surface area (Å²) >= 11 is 6.33. The SMILES string of the molecule is Cc1c(Cl)ccnc1Cn1c(=O)n(C)c(=O)c2c(-c3ccncc3)n(Cc3cccc4ccccc34)nc21. The highest BCUT2D eigenvalue weighted by Crippen LogP contribution is 2.28. The first-order chi connectivity index (χ1) is 18.4. The van der Waals surface area contributed by atoms with E-state index < -0.39 is 11.2 Å². The van der Waals surface area contributed by atoms with Crippen molar-refractivity contribution >= 4 is 33.4 Å². The van der Waals surface area contributed by atoms with Crippen molar-refractivity contribution in [1.82, 2.24) is 28.9 Å². The number of nitrogens with zero attached hydrogens (tertiary/aromatic N) is 6. The first-order valence-electron chi connectivity index (χ1n) is 12.1. The molecule has 4 heterocycles. The zero-order valence-corrected chi connectivity index (χ0v) is 21.6. The first kappa shape index (κ1) is 23.8. The molecule has 0 aliphatic carbocycles. The summed E-state index contributed by atoms with van der Waals surface area (Å²) in [4.78, 5) is 35.6. The van der Waals surface area contributed by atoms with E-state index in [1.807, 2.05) is 37.3 Å². The molecule has 4 aromatic heterocycles. The Hall–Kier alpha value is -4.56. The third kappa shape index (κ3) is 3.90. The van der Waals surface area contributed by atoms with E-state index in [2.05, 4.69) is 34.2 Å². The zero-order chi connectivity index (χ0) is 26.4. The third-order valence-corrected chi connectivity index (χ3v) is 7.34. The molecule has 0 aliphatic rings. The van der Waals surface area contributed by atoms with E-state index in [4.69, 9.17) is 16.7 Å². The van der Waals surface area contributed by atoms with Gasteiger partial charge in [-0.25, -0.2) is 4.79 Å². The number of halogens is 1. The lowest BCUT2D eigenvalue weighted by atomic mass is 10.0. The van der Waals surface area contributed by atoms with Crippen LogP contribution in [0.3, 0.4) is 0 Å². The van der Waals surface area contributed by atoms with Crippen molar-refractivity contribution in [2.24, 2.45) is 7.05 Å². The van der Waals surface area contributed by atoms with Crippen LogP contribution >= 0.6 is 11.6 Å². The van der Waals surface area contributed by atoms with E-state index in [1.165, 1.54) is 11.6 Å². The smallest absolute Gasteiger partial charge is 0.270 e. The minimum Gasteiger partial charge on any atom is -0.270 e. The highest BCUT2D eigenvalue weighted by atomic mass is 35.5. The minimum absolute atomic E-state index is 0.122. The Balaban J connectivity index is 1.65. The molecule has 2 aromatic carbocycles. The number of rotatable bonds is 5. The molecule has 188 valence electrons. The summed E-state index contributed by atoms with van der Waals surface area (Å²) in [5, 5.41) is 8.02. The molecule has 0 unspecified atom stereocenters. The van der Waals surface area contributed by atoms with Crippen molar-refractivity contribution in [3.8, 4) is 11.3 Å². The number of fused-ring (bicyclic) bond motifs is 2. The van der Waals surface area contributed by atoms with Crippen molar-refractivity contribution in [2.75, 3.05) is 0 Å². The number of benzene rings is 2. The van der Waals surface area contributed by atoms with Gasteiger partial charge in [0.1, 0.15) is 5.39 Å². The van der Waals surface area contributed by atoms with Crippen molar-refractivity contribution in [3.63, 3.8) is 0 Å². The molecule has 0 saturated heterocycles. The van der Waals surface area contributed by atoms with Crippen molar-refractivity contribution < 1.29 is 0 Å². The lowest BCUT2D eigenvalue weighted by Crippen LogP contribution is -2.38. The summed E-state index contributed by atoms with van der Waals surface area (Å²) in [7, 11) is 1.48. The number of aromatic nitrogens is 6. The van der Waals surface area contributed by atoms with E-state index in [1.54, 1.807) is 29.3 Å². The van der Waals surface area contributed by atoms with Gasteiger partial charge in [0.25, 0.3) is 5.56 Å². The maximum absolute atomic E-state index is 13.6. The van der Waals surface area contributed by atoms with Gasteiger partial charge in [-0.05, 0) is 47.0 Å². The maximum atomic E-state index is 13.6. The van der Waals surface area contributed by atoms with Gasteiger partial charge >= 0.3 is 5.69 Å². The van der Waals surface area contributed by atoms with Crippen LogP contribution in [0, 0.1) is 6.92 Å². The molecule has 8 nitrogen and oxygen atoms in total. The molecule has 0 amide bonds. The summed E-state index contributed by atoms with van der Waals surface area (Å²) in [6.45, 7) is 2.38. The lowest BCUT2D eigenvalue weighted by Gasteiger charge is -2.11. The fourth-order valence-electron chi connectivity index (χ4n) is 4.87. The molecule has 0 fully saturated rings. The quantitative estimate of drug-likeness (QED) is 0.331. The molecule has 0 spiro atoms. The highest BCUT2D eigenvalue weighted by molar-refractivity contribution is 6.31. The number of pyridine rings is 2. The predicted octanol–water partition coefficient (Wildman–Crippen LogP) is 4.57. The molecule has 0 bridgehead atoms. The maximum Gasteiger partial charge on any atom is 0.332 e. The molecule has 0 radical (unpaired) electrons. The summed E-state index contributed by atoms with van der Waals surface area (Å²) in [6, 6.07) is 19.7. The lowest BCUT2D eigenvalue weighted by molar-refractivity contribution is 0.644. The monoisotopic (exact) mass is 522 g/mol. The largest absolute Gasteiger partial charge is 0.332 e. The second-order valence-electron chi connectivity index (χ2n) is 9.18. The van der Waals surface area contributed by atoms with Gasteiger partial charge < -0.3 is 0 Å². The Labute approximate surface area is 222 Å². The second kappa shape index (κ2) is 9.39. The van der Waals surface area contributed by atoms with E-state index in [0.29, 0.717) is 34.0 Å². The van der Waals surface area contributed by atoms with E-state index in [-0.39, 0.29) is 6.54 Å². The van der Waals surface area contributed by atoms with Crippen LogP contribution in [0.4, 0.5) is 0 Å². The second-order valence-corrected chi connectivity index (χ2v) is 9.58. The van der Waals surface area contributed by atoms with E-state index >= 15 is 0 Å². The molecular weight excluding hydrogens is 500 g/mol. The normalized spacial score (nSPS) is 11.4. The Morgan fingerprint density at radius 2 is 1.66 bits per heavy atom. The summed E-state index contributed by atoms with van der Waals surface area (Å²) in [5.74, 6) is 0. The summed E-state index contributed by atoms with van der Waals surface area (Å²) < 4.78 is 4.42. The van der Waals surface area contributed by atoms with Gasteiger partial charge in [0, 0.05) is 36.2 Å². The molecule has 0 N–H and O–H groups in total. The standard InChI is InChI=1S/C29H23ClN6O2/c1-18-23(30)12-15-32-24(18)17-35-27-25(28(37)34(2)29(35)38)26(20-10-13-31-14-11-20)36(33-27)16-21-8-5-7-19-6-3-4-9-22(19)21/h3-15H,16-17H2,1-2H3. The molecule has 9 heteroatoms. The number of hydrogen-bond acceptors (Lipinski definition) is 5. The fourth-order valence-corrected chi connectivity index (χ4v) is 5.04. The van der Waals surface area contributed by atoms with Crippen LogP contribution in [0.25, 0.3) is 33.1 Å². The predicted molar refractivity (Wildman–Crippen MR) is 149 cm³/mol. The minimum atomic E-state index is -0.472. The van der Waals surface area contributed by atoms with Gasteiger partial charge in [0.2, 0.25) is 0 Å². The molecular formula is C29H23ClN6O2. The van der Waals surface area contributed by atoms with Gasteiger partial charge in [0.15, 0.2) is 5.65 Å². The number of hydrogen-bond donors (Lipinski definition) is 0. The molecule has 6 rings (SSSR count). The van der Waals surface area contributed by atoms with Crippen LogP contribution in [0.1, 0.15) is 16.8 Å². The van der Waals surface area contributed by atoms with E-state index in [9.17, 15) is 9.59 Å². The van der Waals surface area contributed by atoms with Crippen LogP contribution in [0.2, 0.25) is 5.02 Å². The van der Waals surface area contributed by atoms with Crippen LogP contribution in [-0.4, -0.2) is 28.9 Å². The molecule has 0 atom stereocenters. The van der Waals surface area contributed by atoms with Crippen LogP contribution in [0.15, 0.2) is 88.8 Å². The van der Waals surface area contributed by atoms with Crippen LogP contribution in [0.5, 0.6) is 0 Å². The van der Waals surface area contributed by atoms with Gasteiger partial charge in [0.05, 0.1) is 24.5 Å². The molecule has 0 saturated carbocycles. The van der Waals surface area contributed by atoms with Crippen molar-refractivity contribution in [2.45, 2.75) is 20.0 Å².